The normalized spacial score (nSPS) is 33.6. The van der Waals surface area contributed by atoms with Crippen LogP contribution in [0.1, 0.15) is 33.1 Å². The Balaban J connectivity index is 2.27. The highest BCUT2D eigenvalue weighted by Gasteiger charge is 2.65. The van der Waals surface area contributed by atoms with Crippen LogP contribution in [0.25, 0.3) is 0 Å². The van der Waals surface area contributed by atoms with Crippen molar-refractivity contribution in [2.75, 3.05) is 25.4 Å². The quantitative estimate of drug-likeness (QED) is 0.776. The topological polar surface area (TPSA) is 69.7 Å². The molecule has 7 heteroatoms. The van der Waals surface area contributed by atoms with Crippen LogP contribution in [0, 0.1) is 16.7 Å². The van der Waals surface area contributed by atoms with E-state index in [1.807, 2.05) is 13.8 Å². The summed E-state index contributed by atoms with van der Waals surface area (Å²) in [5, 5.41) is 0. The minimum atomic E-state index is -3.79. The van der Waals surface area contributed by atoms with Crippen molar-refractivity contribution in [1.29, 1.82) is 0 Å². The Morgan fingerprint density at radius 2 is 1.90 bits per heavy atom. The second-order valence-electron chi connectivity index (χ2n) is 6.75. The van der Waals surface area contributed by atoms with Gasteiger partial charge in [-0.3, -0.25) is 8.98 Å². The van der Waals surface area contributed by atoms with Gasteiger partial charge in [0.05, 0.1) is 18.3 Å². The van der Waals surface area contributed by atoms with Crippen LogP contribution in [0.15, 0.2) is 0 Å². The number of carbonyl (C=O) groups excluding carboxylic acids is 1. The summed E-state index contributed by atoms with van der Waals surface area (Å²) in [5.74, 6) is 0.159. The molecule has 0 aromatic carbocycles. The largest absolute Gasteiger partial charge is 0.299 e. The van der Waals surface area contributed by atoms with Gasteiger partial charge in [-0.1, -0.05) is 13.8 Å². The summed E-state index contributed by atoms with van der Waals surface area (Å²) in [7, 11) is -4.46. The van der Waals surface area contributed by atoms with E-state index >= 15 is 0 Å². The molecule has 118 valence electrons. The van der Waals surface area contributed by atoms with Crippen LogP contribution in [0.2, 0.25) is 0 Å². The predicted octanol–water partition coefficient (Wildman–Crippen LogP) is 2.27. The monoisotopic (exact) mass is 324 g/mol. The molecular formula is C13H24O5S2. The van der Waals surface area contributed by atoms with Gasteiger partial charge in [-0.25, -0.2) is 0 Å². The highest BCUT2D eigenvalue weighted by Crippen LogP contribution is 2.64. The molecule has 2 aliphatic carbocycles. The molecule has 0 aliphatic heterocycles. The van der Waals surface area contributed by atoms with E-state index in [4.69, 9.17) is 7.81 Å². The number of Topliss-reactive ketones (excluding diaryl/α,β-unsaturated/α-hetero) is 1. The van der Waals surface area contributed by atoms with E-state index in [1.165, 1.54) is 7.11 Å². The number of carbonyl (C=O) groups is 1. The van der Waals surface area contributed by atoms with E-state index in [1.54, 1.807) is 12.5 Å². The molecule has 0 amide bonds. The van der Waals surface area contributed by atoms with Gasteiger partial charge in [0.25, 0.3) is 10.1 Å². The van der Waals surface area contributed by atoms with Crippen molar-refractivity contribution < 1.29 is 21.0 Å². The summed E-state index contributed by atoms with van der Waals surface area (Å²) in [6, 6.07) is 0. The van der Waals surface area contributed by atoms with Crippen molar-refractivity contribution in [1.82, 2.24) is 0 Å². The molecule has 0 saturated heterocycles. The predicted molar refractivity (Wildman–Crippen MR) is 79.9 cm³/mol. The van der Waals surface area contributed by atoms with Gasteiger partial charge in [-0.15, -0.1) is 0 Å². The van der Waals surface area contributed by atoms with Crippen LogP contribution in [-0.2, 0) is 22.7 Å². The molecule has 0 radical (unpaired) electrons. The van der Waals surface area contributed by atoms with Gasteiger partial charge in [0.2, 0.25) is 0 Å². The van der Waals surface area contributed by atoms with Gasteiger partial charge in [-0.05, 0) is 24.2 Å². The first-order valence-corrected chi connectivity index (χ1v) is 10.6. The number of hydrogen-bond acceptors (Lipinski definition) is 5. The molecule has 5 nitrogen and oxygen atoms in total. The molecule has 0 N–H and O–H groups in total. The van der Waals surface area contributed by atoms with Crippen LogP contribution < -0.4 is 0 Å². The zero-order valence-electron chi connectivity index (χ0n) is 12.8. The molecule has 2 atom stereocenters. The fourth-order valence-electron chi connectivity index (χ4n) is 3.71. The Labute approximate surface area is 123 Å². The van der Waals surface area contributed by atoms with Crippen LogP contribution in [0.5, 0.6) is 0 Å². The summed E-state index contributed by atoms with van der Waals surface area (Å²) in [6.45, 7) is 4.03. The number of hydrogen-bond donors (Lipinski definition) is 0. The molecule has 2 aliphatic rings. The van der Waals surface area contributed by atoms with Crippen LogP contribution in [-0.4, -0.2) is 39.6 Å². The first-order valence-electron chi connectivity index (χ1n) is 6.72. The second kappa shape index (κ2) is 4.69. The van der Waals surface area contributed by atoms with Crippen LogP contribution >= 0.6 is 10.6 Å². The highest BCUT2D eigenvalue weighted by atomic mass is 32.3. The van der Waals surface area contributed by atoms with E-state index in [9.17, 15) is 13.2 Å². The molecule has 0 heterocycles. The van der Waals surface area contributed by atoms with E-state index in [0.717, 1.165) is 6.42 Å². The molecule has 0 aromatic rings. The smallest absolute Gasteiger partial charge is 0.286 e. The lowest BCUT2D eigenvalue weighted by atomic mass is 9.70. The summed E-state index contributed by atoms with van der Waals surface area (Å²) in [5.41, 5.74) is -1.05. The van der Waals surface area contributed by atoms with Crippen molar-refractivity contribution in [2.24, 2.45) is 16.7 Å². The molecule has 0 aromatic heterocycles. The standard InChI is InChI=1S/C13H24O5S2/c1-12(2)10-6-7-13(12,11(14)8-10)9-20(15,16)18-19(4,5)17-3/h10H,6-9H2,1-5H3. The van der Waals surface area contributed by atoms with Gasteiger partial charge in [0.15, 0.2) is 0 Å². The number of fused-ring (bicyclic) bond motifs is 2. The number of rotatable bonds is 5. The lowest BCUT2D eigenvalue weighted by Gasteiger charge is -2.38. The molecular weight excluding hydrogens is 300 g/mol. The molecule has 2 bridgehead atoms. The summed E-state index contributed by atoms with van der Waals surface area (Å²) < 4.78 is 35.0. The van der Waals surface area contributed by atoms with E-state index in [0.29, 0.717) is 18.8 Å². The minimum Gasteiger partial charge on any atom is -0.299 e. The average molecular weight is 324 g/mol. The molecule has 2 saturated carbocycles. The third-order valence-corrected chi connectivity index (χ3v) is 9.02. The zero-order chi connectivity index (χ0) is 15.4. The fraction of sp³-hybridized carbons (Fsp3) is 0.923. The van der Waals surface area contributed by atoms with Crippen molar-refractivity contribution in [3.05, 3.63) is 0 Å². The summed E-state index contributed by atoms with van der Waals surface area (Å²) in [4.78, 5) is 12.3. The lowest BCUT2D eigenvalue weighted by molar-refractivity contribution is -0.128. The Kier molecular flexibility index (Phi) is 3.82. The Bertz CT molecular complexity index is 523. The van der Waals surface area contributed by atoms with E-state index < -0.39 is 26.1 Å². The van der Waals surface area contributed by atoms with Crippen molar-refractivity contribution in [2.45, 2.75) is 33.1 Å². The molecule has 20 heavy (non-hydrogen) atoms. The van der Waals surface area contributed by atoms with Crippen LogP contribution in [0.3, 0.4) is 0 Å². The third kappa shape index (κ3) is 2.42. The minimum absolute atomic E-state index is 0.0798. The van der Waals surface area contributed by atoms with Crippen molar-refractivity contribution in [3.63, 3.8) is 0 Å². The van der Waals surface area contributed by atoms with Gasteiger partial charge in [-0.2, -0.15) is 22.6 Å². The number of ketones is 1. The highest BCUT2D eigenvalue weighted by molar-refractivity contribution is 8.28. The zero-order valence-corrected chi connectivity index (χ0v) is 14.4. The summed E-state index contributed by atoms with van der Waals surface area (Å²) in [6.07, 6.45) is 5.33. The Morgan fingerprint density at radius 3 is 2.30 bits per heavy atom. The average Bonchev–Trinajstić information content (AvgIpc) is 2.60. The first kappa shape index (κ1) is 16.3. The fourth-order valence-corrected chi connectivity index (χ4v) is 7.40. The third-order valence-electron chi connectivity index (χ3n) is 5.23. The second-order valence-corrected chi connectivity index (χ2v) is 11.3. The SMILES string of the molecule is COS(C)(C)OS(=O)(=O)CC12CCC(CC1=O)C2(C)C. The van der Waals surface area contributed by atoms with Gasteiger partial charge in [0.1, 0.15) is 5.78 Å². The molecule has 2 unspecified atom stereocenters. The maximum atomic E-state index is 12.3. The van der Waals surface area contributed by atoms with E-state index in [-0.39, 0.29) is 17.0 Å². The molecule has 2 fully saturated rings. The van der Waals surface area contributed by atoms with Crippen molar-refractivity contribution in [3.8, 4) is 0 Å². The van der Waals surface area contributed by atoms with Gasteiger partial charge in [0, 0.05) is 18.9 Å². The first-order chi connectivity index (χ1) is 8.96. The Morgan fingerprint density at radius 1 is 1.30 bits per heavy atom. The van der Waals surface area contributed by atoms with Gasteiger partial charge < -0.3 is 0 Å². The Hall–Kier alpha value is -0.110. The maximum Gasteiger partial charge on any atom is 0.286 e. The van der Waals surface area contributed by atoms with Gasteiger partial charge >= 0.3 is 0 Å². The van der Waals surface area contributed by atoms with Crippen LogP contribution in [0.4, 0.5) is 0 Å². The van der Waals surface area contributed by atoms with Crippen molar-refractivity contribution >= 4 is 26.5 Å². The molecule has 2 rings (SSSR count). The van der Waals surface area contributed by atoms with E-state index in [2.05, 4.69) is 0 Å². The molecule has 0 spiro atoms. The lowest BCUT2D eigenvalue weighted by Crippen LogP contribution is -2.42. The summed E-state index contributed by atoms with van der Waals surface area (Å²) >= 11 is 0. The maximum absolute atomic E-state index is 12.3.